The van der Waals surface area contributed by atoms with E-state index in [0.29, 0.717) is 0 Å². The number of benzene rings is 1. The molecule has 1 aromatic heterocycles. The van der Waals surface area contributed by atoms with Crippen molar-refractivity contribution in [2.45, 2.75) is 17.6 Å². The Morgan fingerprint density at radius 3 is 2.15 bits per heavy atom. The molecule has 2 aromatic rings. The maximum Gasteiger partial charge on any atom is 0.534 e. The number of hydrogen-bond acceptors (Lipinski definition) is 7. The van der Waals surface area contributed by atoms with Gasteiger partial charge in [0.25, 0.3) is 0 Å². The zero-order valence-electron chi connectivity index (χ0n) is 13.4. The minimum absolute atomic E-state index is 0.108. The van der Waals surface area contributed by atoms with E-state index in [2.05, 4.69) is 14.2 Å². The van der Waals surface area contributed by atoms with Gasteiger partial charge in [0.1, 0.15) is 5.69 Å². The normalized spacial score (nSPS) is 12.9. The Hall–Kier alpha value is -1.63. The van der Waals surface area contributed by atoms with Crippen LogP contribution in [0.15, 0.2) is 23.4 Å². The highest BCUT2D eigenvalue weighted by molar-refractivity contribution is 7.90. The van der Waals surface area contributed by atoms with Gasteiger partial charge in [0.15, 0.2) is 5.75 Å². The van der Waals surface area contributed by atoms with Crippen LogP contribution in [0.25, 0.3) is 11.3 Å². The average Bonchev–Trinajstić information content (AvgIpc) is 2.47. The van der Waals surface area contributed by atoms with Crippen LogP contribution in [0.5, 0.6) is 5.75 Å². The Bertz CT molecular complexity index is 1120. The zero-order chi connectivity index (χ0) is 20.8. The van der Waals surface area contributed by atoms with Crippen LogP contribution in [0.1, 0.15) is 5.69 Å². The summed E-state index contributed by atoms with van der Waals surface area (Å²) < 4.78 is 88.5. The van der Waals surface area contributed by atoms with Crippen LogP contribution in [0.4, 0.5) is 13.2 Å². The van der Waals surface area contributed by atoms with Crippen molar-refractivity contribution >= 4 is 43.2 Å². The monoisotopic (exact) mass is 464 g/mol. The summed E-state index contributed by atoms with van der Waals surface area (Å²) in [6.07, 6.45) is 0.766. The molecule has 2 rings (SSSR count). The summed E-state index contributed by atoms with van der Waals surface area (Å²) in [5, 5.41) is -0.713. The highest BCUT2D eigenvalue weighted by Gasteiger charge is 2.49. The molecule has 0 spiro atoms. The first kappa shape index (κ1) is 21.7. The molecular weight excluding hydrogens is 456 g/mol. The molecule has 148 valence electrons. The number of rotatable bonds is 4. The lowest BCUT2D eigenvalue weighted by atomic mass is 10.1. The predicted octanol–water partition coefficient (Wildman–Crippen LogP) is 3.39. The quantitative estimate of drug-likeness (QED) is 0.388. The Labute approximate surface area is 162 Å². The van der Waals surface area contributed by atoms with Gasteiger partial charge >= 0.3 is 15.6 Å². The van der Waals surface area contributed by atoms with E-state index in [9.17, 15) is 30.0 Å². The second-order valence-electron chi connectivity index (χ2n) is 5.15. The van der Waals surface area contributed by atoms with E-state index in [1.807, 2.05) is 0 Å². The van der Waals surface area contributed by atoms with E-state index < -0.39 is 47.8 Å². The first-order chi connectivity index (χ1) is 12.1. The number of aromatic nitrogens is 2. The highest BCUT2D eigenvalue weighted by atomic mass is 35.5. The maximum absolute atomic E-state index is 12.7. The van der Waals surface area contributed by atoms with Gasteiger partial charge in [-0.2, -0.15) is 21.6 Å². The number of nitrogens with zero attached hydrogens (tertiary/aromatic N) is 2. The van der Waals surface area contributed by atoms with Gasteiger partial charge in [0, 0.05) is 16.8 Å². The fourth-order valence-electron chi connectivity index (χ4n) is 1.82. The van der Waals surface area contributed by atoms with E-state index in [0.717, 1.165) is 13.2 Å². The van der Waals surface area contributed by atoms with Crippen molar-refractivity contribution in [3.05, 3.63) is 33.9 Å². The summed E-state index contributed by atoms with van der Waals surface area (Å²) >= 11 is 11.8. The Morgan fingerprint density at radius 1 is 1.07 bits per heavy atom. The summed E-state index contributed by atoms with van der Waals surface area (Å²) in [6, 6.07) is 3.71. The lowest BCUT2D eigenvalue weighted by Gasteiger charge is -2.15. The molecule has 0 bridgehead atoms. The number of alkyl halides is 3. The SMILES string of the molecule is Cc1nc(S(C)(=O)=O)nc(-c2ccc(Cl)cc2Cl)c1OS(=O)(=O)C(F)(F)F. The van der Waals surface area contributed by atoms with Gasteiger partial charge < -0.3 is 4.18 Å². The number of sulfone groups is 1. The molecule has 0 aliphatic rings. The van der Waals surface area contributed by atoms with E-state index >= 15 is 0 Å². The van der Waals surface area contributed by atoms with E-state index in [1.165, 1.54) is 18.2 Å². The molecule has 0 aliphatic heterocycles. The van der Waals surface area contributed by atoms with Gasteiger partial charge in [-0.3, -0.25) is 0 Å². The maximum atomic E-state index is 12.7. The molecule has 0 aliphatic carbocycles. The minimum atomic E-state index is -6.07. The summed E-state index contributed by atoms with van der Waals surface area (Å²) in [6.45, 7) is 1.06. The van der Waals surface area contributed by atoms with E-state index in [-0.39, 0.29) is 15.6 Å². The van der Waals surface area contributed by atoms with Crippen molar-refractivity contribution in [2.75, 3.05) is 6.26 Å². The molecule has 0 N–H and O–H groups in total. The van der Waals surface area contributed by atoms with Crippen LogP contribution in [0, 0.1) is 6.92 Å². The van der Waals surface area contributed by atoms with Crippen molar-refractivity contribution < 1.29 is 34.2 Å². The third-order valence-corrected chi connectivity index (χ3v) is 5.36. The van der Waals surface area contributed by atoms with Crippen LogP contribution < -0.4 is 4.18 Å². The molecule has 0 fully saturated rings. The van der Waals surface area contributed by atoms with Crippen LogP contribution in [0.2, 0.25) is 10.0 Å². The van der Waals surface area contributed by atoms with Crippen LogP contribution >= 0.6 is 23.2 Å². The topological polar surface area (TPSA) is 103 Å². The first-order valence-electron chi connectivity index (χ1n) is 6.68. The van der Waals surface area contributed by atoms with Gasteiger partial charge in [0.2, 0.25) is 15.0 Å². The van der Waals surface area contributed by atoms with Crippen molar-refractivity contribution in [1.82, 2.24) is 9.97 Å². The largest absolute Gasteiger partial charge is 0.534 e. The lowest BCUT2D eigenvalue weighted by Crippen LogP contribution is -2.29. The van der Waals surface area contributed by atoms with Crippen molar-refractivity contribution in [3.8, 4) is 17.0 Å². The summed E-state index contributed by atoms with van der Waals surface area (Å²) in [7, 11) is -10.1. The van der Waals surface area contributed by atoms with Gasteiger partial charge in [-0.1, -0.05) is 23.2 Å². The Balaban J connectivity index is 2.84. The van der Waals surface area contributed by atoms with Gasteiger partial charge in [-0.05, 0) is 25.1 Å². The molecular formula is C13H9Cl2F3N2O5S2. The van der Waals surface area contributed by atoms with Crippen LogP contribution in [0.3, 0.4) is 0 Å². The van der Waals surface area contributed by atoms with Gasteiger partial charge in [-0.15, -0.1) is 0 Å². The van der Waals surface area contributed by atoms with Crippen LogP contribution in [-0.2, 0) is 20.0 Å². The van der Waals surface area contributed by atoms with Gasteiger partial charge in [0.05, 0.1) is 10.7 Å². The standard InChI is InChI=1S/C13H9Cl2F3N2O5S2/c1-6-11(25-27(23,24)13(16,17)18)10(20-12(19-6)26(2,21)22)8-4-3-7(14)5-9(8)15/h3-5H,1-2H3. The molecule has 14 heteroatoms. The summed E-state index contributed by atoms with van der Waals surface area (Å²) in [5.41, 5.74) is -6.85. The second-order valence-corrected chi connectivity index (χ2v) is 9.44. The molecule has 0 unspecified atom stereocenters. The van der Waals surface area contributed by atoms with E-state index in [1.54, 1.807) is 0 Å². The third kappa shape index (κ3) is 4.62. The molecule has 27 heavy (non-hydrogen) atoms. The summed E-state index contributed by atoms with van der Waals surface area (Å²) in [5.74, 6) is -0.913. The molecule has 1 heterocycles. The fraction of sp³-hybridized carbons (Fsp3) is 0.231. The molecule has 0 atom stereocenters. The predicted molar refractivity (Wildman–Crippen MR) is 90.9 cm³/mol. The Kier molecular flexibility index (Phi) is 5.68. The second kappa shape index (κ2) is 7.08. The smallest absolute Gasteiger partial charge is 0.372 e. The van der Waals surface area contributed by atoms with Crippen molar-refractivity contribution in [2.24, 2.45) is 0 Å². The van der Waals surface area contributed by atoms with Crippen molar-refractivity contribution in [3.63, 3.8) is 0 Å². The number of halogens is 5. The van der Waals surface area contributed by atoms with E-state index in [4.69, 9.17) is 23.2 Å². The van der Waals surface area contributed by atoms with Crippen LogP contribution in [-0.4, -0.2) is 38.6 Å². The van der Waals surface area contributed by atoms with Gasteiger partial charge in [-0.25, -0.2) is 18.4 Å². The first-order valence-corrected chi connectivity index (χ1v) is 10.7. The average molecular weight is 465 g/mol. The molecule has 1 aromatic carbocycles. The minimum Gasteiger partial charge on any atom is -0.372 e. The molecule has 0 saturated heterocycles. The van der Waals surface area contributed by atoms with Crippen molar-refractivity contribution in [1.29, 1.82) is 0 Å². The number of hydrogen-bond donors (Lipinski definition) is 0. The molecule has 7 nitrogen and oxygen atoms in total. The molecule has 0 amide bonds. The molecule has 0 radical (unpaired) electrons. The Morgan fingerprint density at radius 2 is 1.67 bits per heavy atom. The number of aryl methyl sites for hydroxylation is 1. The molecule has 0 saturated carbocycles. The highest BCUT2D eigenvalue weighted by Crippen LogP contribution is 2.39. The fourth-order valence-corrected chi connectivity index (χ4v) is 3.39. The summed E-state index contributed by atoms with van der Waals surface area (Å²) in [4.78, 5) is 7.17. The lowest BCUT2D eigenvalue weighted by molar-refractivity contribution is -0.0500. The zero-order valence-corrected chi connectivity index (χ0v) is 16.5. The third-order valence-electron chi connectivity index (χ3n) is 3.01.